The molecule has 0 saturated heterocycles. The second kappa shape index (κ2) is 3.66. The zero-order valence-corrected chi connectivity index (χ0v) is 7.82. The first-order valence-electron chi connectivity index (χ1n) is 4.11. The number of phenols is 1. The van der Waals surface area contributed by atoms with E-state index in [1.807, 2.05) is 0 Å². The van der Waals surface area contributed by atoms with Crippen LogP contribution < -0.4 is 4.74 Å². The average Bonchev–Trinajstić information content (AvgIpc) is 2.00. The van der Waals surface area contributed by atoms with Crippen molar-refractivity contribution in [1.82, 2.24) is 0 Å². The first kappa shape index (κ1) is 9.86. The normalized spacial score (nSPS) is 11.3. The van der Waals surface area contributed by atoms with Gasteiger partial charge in [-0.25, -0.2) is 0 Å². The van der Waals surface area contributed by atoms with Crippen LogP contribution in [0.1, 0.15) is 13.8 Å². The first-order chi connectivity index (χ1) is 5.97. The molecule has 2 N–H and O–H groups in total. The topological polar surface area (TPSA) is 49.7 Å². The Balaban J connectivity index is 2.55. The molecule has 0 aliphatic heterocycles. The van der Waals surface area contributed by atoms with Crippen molar-refractivity contribution >= 4 is 0 Å². The SMILES string of the molecule is CC(C)(O)COc1cccc(O)c1. The maximum Gasteiger partial charge on any atom is 0.123 e. The molecule has 1 rings (SSSR count). The second-order valence-corrected chi connectivity index (χ2v) is 3.60. The lowest BCUT2D eigenvalue weighted by molar-refractivity contribution is 0.0284. The highest BCUT2D eigenvalue weighted by Crippen LogP contribution is 2.18. The molecule has 1 aromatic rings. The molecule has 0 saturated carbocycles. The zero-order chi connectivity index (χ0) is 9.90. The van der Waals surface area contributed by atoms with Gasteiger partial charge >= 0.3 is 0 Å². The molecular formula is C10H14O3. The fourth-order valence-corrected chi connectivity index (χ4v) is 0.833. The summed E-state index contributed by atoms with van der Waals surface area (Å²) in [5, 5.41) is 18.5. The maximum absolute atomic E-state index is 9.36. The highest BCUT2D eigenvalue weighted by atomic mass is 16.5. The molecule has 0 aliphatic rings. The van der Waals surface area contributed by atoms with Crippen LogP contribution in [-0.4, -0.2) is 22.4 Å². The number of hydrogen-bond donors (Lipinski definition) is 2. The van der Waals surface area contributed by atoms with E-state index in [4.69, 9.17) is 9.84 Å². The largest absolute Gasteiger partial charge is 0.508 e. The van der Waals surface area contributed by atoms with Crippen molar-refractivity contribution < 1.29 is 14.9 Å². The van der Waals surface area contributed by atoms with E-state index in [0.717, 1.165) is 0 Å². The van der Waals surface area contributed by atoms with Gasteiger partial charge in [-0.2, -0.15) is 0 Å². The van der Waals surface area contributed by atoms with E-state index in [1.165, 1.54) is 6.07 Å². The van der Waals surface area contributed by atoms with Crippen molar-refractivity contribution in [3.05, 3.63) is 24.3 Å². The zero-order valence-electron chi connectivity index (χ0n) is 7.82. The van der Waals surface area contributed by atoms with Crippen LogP contribution in [0.15, 0.2) is 24.3 Å². The quantitative estimate of drug-likeness (QED) is 0.745. The van der Waals surface area contributed by atoms with Gasteiger partial charge in [-0.3, -0.25) is 0 Å². The third-order valence-corrected chi connectivity index (χ3v) is 1.41. The molecule has 72 valence electrons. The number of hydrogen-bond acceptors (Lipinski definition) is 3. The van der Waals surface area contributed by atoms with Crippen molar-refractivity contribution in [2.24, 2.45) is 0 Å². The monoisotopic (exact) mass is 182 g/mol. The van der Waals surface area contributed by atoms with Gasteiger partial charge in [-0.1, -0.05) is 6.07 Å². The molecule has 0 aromatic heterocycles. The Morgan fingerprint density at radius 2 is 2.08 bits per heavy atom. The van der Waals surface area contributed by atoms with Crippen LogP contribution in [0.3, 0.4) is 0 Å². The molecule has 3 heteroatoms. The summed E-state index contributed by atoms with van der Waals surface area (Å²) < 4.78 is 5.24. The number of aliphatic hydroxyl groups is 1. The van der Waals surface area contributed by atoms with Gasteiger partial charge < -0.3 is 14.9 Å². The van der Waals surface area contributed by atoms with Gasteiger partial charge in [0.1, 0.15) is 18.1 Å². The summed E-state index contributed by atoms with van der Waals surface area (Å²) in [7, 11) is 0. The molecule has 0 atom stereocenters. The van der Waals surface area contributed by atoms with E-state index in [1.54, 1.807) is 32.0 Å². The van der Waals surface area contributed by atoms with Crippen molar-refractivity contribution in [3.8, 4) is 11.5 Å². The molecule has 0 radical (unpaired) electrons. The van der Waals surface area contributed by atoms with E-state index in [2.05, 4.69) is 0 Å². The van der Waals surface area contributed by atoms with E-state index in [-0.39, 0.29) is 12.4 Å². The molecule has 0 heterocycles. The summed E-state index contributed by atoms with van der Waals surface area (Å²) >= 11 is 0. The molecule has 0 amide bonds. The minimum absolute atomic E-state index is 0.160. The lowest BCUT2D eigenvalue weighted by atomic mass is 10.2. The summed E-state index contributed by atoms with van der Waals surface area (Å²) in [4.78, 5) is 0. The average molecular weight is 182 g/mol. The molecule has 3 nitrogen and oxygen atoms in total. The lowest BCUT2D eigenvalue weighted by Gasteiger charge is -2.17. The number of aromatic hydroxyl groups is 1. The third kappa shape index (κ3) is 3.80. The Bertz CT molecular complexity index is 276. The Hall–Kier alpha value is -1.22. The van der Waals surface area contributed by atoms with E-state index < -0.39 is 5.60 Å². The highest BCUT2D eigenvalue weighted by molar-refractivity contribution is 5.31. The summed E-state index contributed by atoms with van der Waals surface area (Å²) in [6.45, 7) is 3.53. The number of ether oxygens (including phenoxy) is 1. The highest BCUT2D eigenvalue weighted by Gasteiger charge is 2.13. The fourth-order valence-electron chi connectivity index (χ4n) is 0.833. The van der Waals surface area contributed by atoms with Gasteiger partial charge in [0.2, 0.25) is 0 Å². The molecule has 0 fully saturated rings. The van der Waals surface area contributed by atoms with Gasteiger partial charge in [0, 0.05) is 6.07 Å². The van der Waals surface area contributed by atoms with Crippen molar-refractivity contribution in [2.45, 2.75) is 19.4 Å². The van der Waals surface area contributed by atoms with Crippen LogP contribution in [0, 0.1) is 0 Å². The van der Waals surface area contributed by atoms with Crippen LogP contribution in [0.2, 0.25) is 0 Å². The Morgan fingerprint density at radius 3 is 2.62 bits per heavy atom. The van der Waals surface area contributed by atoms with Crippen molar-refractivity contribution in [2.75, 3.05) is 6.61 Å². The molecule has 0 aliphatic carbocycles. The summed E-state index contributed by atoms with van der Waals surface area (Å²) in [6.07, 6.45) is 0. The third-order valence-electron chi connectivity index (χ3n) is 1.41. The minimum Gasteiger partial charge on any atom is -0.508 e. The van der Waals surface area contributed by atoms with Gasteiger partial charge in [-0.15, -0.1) is 0 Å². The molecule has 0 bridgehead atoms. The predicted octanol–water partition coefficient (Wildman–Crippen LogP) is 1.54. The van der Waals surface area contributed by atoms with Crippen LogP contribution in [0.5, 0.6) is 11.5 Å². The van der Waals surface area contributed by atoms with Gasteiger partial charge in [0.15, 0.2) is 0 Å². The Kier molecular flexibility index (Phi) is 2.78. The number of benzene rings is 1. The van der Waals surface area contributed by atoms with Crippen molar-refractivity contribution in [1.29, 1.82) is 0 Å². The smallest absolute Gasteiger partial charge is 0.123 e. The second-order valence-electron chi connectivity index (χ2n) is 3.60. The van der Waals surface area contributed by atoms with Crippen LogP contribution >= 0.6 is 0 Å². The lowest BCUT2D eigenvalue weighted by Crippen LogP contribution is -2.27. The van der Waals surface area contributed by atoms with Gasteiger partial charge in [-0.05, 0) is 26.0 Å². The van der Waals surface area contributed by atoms with Gasteiger partial charge in [0.25, 0.3) is 0 Å². The summed E-state index contributed by atoms with van der Waals surface area (Å²) in [5.74, 6) is 0.718. The van der Waals surface area contributed by atoms with E-state index >= 15 is 0 Å². The Morgan fingerprint density at radius 1 is 1.38 bits per heavy atom. The molecule has 1 aromatic carbocycles. The molecule has 0 spiro atoms. The van der Waals surface area contributed by atoms with E-state index in [0.29, 0.717) is 5.75 Å². The first-order valence-corrected chi connectivity index (χ1v) is 4.11. The standard InChI is InChI=1S/C10H14O3/c1-10(2,12)7-13-9-5-3-4-8(11)6-9/h3-6,11-12H,7H2,1-2H3. The van der Waals surface area contributed by atoms with Crippen LogP contribution in [0.25, 0.3) is 0 Å². The van der Waals surface area contributed by atoms with Crippen molar-refractivity contribution in [3.63, 3.8) is 0 Å². The van der Waals surface area contributed by atoms with Crippen LogP contribution in [0.4, 0.5) is 0 Å². The summed E-state index contributed by atoms with van der Waals surface area (Å²) in [6, 6.07) is 6.49. The molecule has 0 unspecified atom stereocenters. The fraction of sp³-hybridized carbons (Fsp3) is 0.400. The van der Waals surface area contributed by atoms with Gasteiger partial charge in [0.05, 0.1) is 5.60 Å². The predicted molar refractivity (Wildman–Crippen MR) is 49.9 cm³/mol. The summed E-state index contributed by atoms with van der Waals surface area (Å²) in [5.41, 5.74) is -0.856. The molecular weight excluding hydrogens is 168 g/mol. The maximum atomic E-state index is 9.36. The number of phenolic OH excluding ortho intramolecular Hbond substituents is 1. The van der Waals surface area contributed by atoms with E-state index in [9.17, 15) is 5.11 Å². The molecule has 13 heavy (non-hydrogen) atoms. The van der Waals surface area contributed by atoms with Crippen LogP contribution in [-0.2, 0) is 0 Å². The minimum atomic E-state index is -0.856. The number of rotatable bonds is 3. The Labute approximate surface area is 77.6 Å².